The van der Waals surface area contributed by atoms with Crippen LogP contribution in [0.4, 0.5) is 0 Å². The summed E-state index contributed by atoms with van der Waals surface area (Å²) in [6, 6.07) is 14.8. The van der Waals surface area contributed by atoms with Gasteiger partial charge in [0, 0.05) is 11.4 Å². The molecule has 1 radical (unpaired) electrons. The zero-order valence-electron chi connectivity index (χ0n) is 10.9. The van der Waals surface area contributed by atoms with Gasteiger partial charge in [-0.1, -0.05) is 26.0 Å². The highest BCUT2D eigenvalue weighted by Crippen LogP contribution is 2.13. The van der Waals surface area contributed by atoms with Crippen molar-refractivity contribution < 1.29 is 4.74 Å². The first-order chi connectivity index (χ1) is 8.81. The number of hydrogen-bond donors (Lipinski definition) is 0. The minimum Gasteiger partial charge on any atom is -0.489 e. The molecule has 0 bridgehead atoms. The third kappa shape index (κ3) is 3.33. The Bertz CT molecular complexity index is 471. The van der Waals surface area contributed by atoms with Gasteiger partial charge in [-0.3, -0.25) is 4.98 Å². The molecule has 0 unspecified atom stereocenters. The molecule has 0 saturated carbocycles. The maximum atomic E-state index is 5.74. The minimum atomic E-state index is 0.590. The maximum absolute atomic E-state index is 5.74. The van der Waals surface area contributed by atoms with Gasteiger partial charge in [-0.2, -0.15) is 0 Å². The molecule has 0 atom stereocenters. The van der Waals surface area contributed by atoms with E-state index in [1.165, 1.54) is 5.56 Å². The number of nitrogens with zero attached hydrogens (tertiary/aromatic N) is 1. The highest BCUT2D eigenvalue weighted by Gasteiger charge is 2.01. The van der Waals surface area contributed by atoms with Crippen LogP contribution in [0.1, 0.15) is 30.8 Å². The first-order valence-electron chi connectivity index (χ1n) is 6.39. The summed E-state index contributed by atoms with van der Waals surface area (Å²) in [7, 11) is 0. The monoisotopic (exact) mass is 240 g/mol. The summed E-state index contributed by atoms with van der Waals surface area (Å²) in [5.41, 5.74) is 3.45. The van der Waals surface area contributed by atoms with Crippen molar-refractivity contribution >= 4 is 0 Å². The molecular weight excluding hydrogens is 222 g/mol. The van der Waals surface area contributed by atoms with Crippen LogP contribution >= 0.6 is 0 Å². The normalized spacial score (nSPS) is 10.3. The van der Waals surface area contributed by atoms with Crippen molar-refractivity contribution in [1.82, 2.24) is 4.98 Å². The lowest BCUT2D eigenvalue weighted by Crippen LogP contribution is -2.01. The number of aryl methyl sites for hydroxylation is 2. The predicted molar refractivity (Wildman–Crippen MR) is 72.6 cm³/mol. The van der Waals surface area contributed by atoms with Crippen molar-refractivity contribution in [2.75, 3.05) is 0 Å². The van der Waals surface area contributed by atoms with Gasteiger partial charge in [0.05, 0.1) is 0 Å². The Morgan fingerprint density at radius 3 is 2.22 bits per heavy atom. The van der Waals surface area contributed by atoms with Crippen LogP contribution in [0, 0.1) is 6.07 Å². The number of ether oxygens (including phenoxy) is 1. The fourth-order valence-electron chi connectivity index (χ4n) is 1.80. The Morgan fingerprint density at radius 2 is 1.67 bits per heavy atom. The van der Waals surface area contributed by atoms with E-state index < -0.39 is 0 Å². The van der Waals surface area contributed by atoms with Gasteiger partial charge in [0.15, 0.2) is 0 Å². The molecule has 0 aliphatic carbocycles. The van der Waals surface area contributed by atoms with Crippen molar-refractivity contribution in [3.63, 3.8) is 0 Å². The summed E-state index contributed by atoms with van der Waals surface area (Å²) in [5.74, 6) is 0.877. The SMILES string of the molecule is CCc1cc(COc2cc[c]cc2)cc(CC)n1. The van der Waals surface area contributed by atoms with E-state index in [1.54, 1.807) is 0 Å². The van der Waals surface area contributed by atoms with Crippen LogP contribution in [-0.2, 0) is 19.4 Å². The topological polar surface area (TPSA) is 22.1 Å². The number of pyridine rings is 1. The van der Waals surface area contributed by atoms with E-state index >= 15 is 0 Å². The van der Waals surface area contributed by atoms with Gasteiger partial charge in [-0.05, 0) is 48.7 Å². The molecule has 2 aromatic rings. The average molecular weight is 240 g/mol. The van der Waals surface area contributed by atoms with Crippen LogP contribution in [-0.4, -0.2) is 4.98 Å². The standard InChI is InChI=1S/C16H18NO/c1-3-14-10-13(11-15(4-2)17-14)12-18-16-8-6-5-7-9-16/h6-11H,3-4,12H2,1-2H3. The lowest BCUT2D eigenvalue weighted by atomic mass is 10.1. The zero-order valence-corrected chi connectivity index (χ0v) is 10.9. The second-order valence-electron chi connectivity index (χ2n) is 4.19. The van der Waals surface area contributed by atoms with Gasteiger partial charge in [0.25, 0.3) is 0 Å². The lowest BCUT2D eigenvalue weighted by Gasteiger charge is -2.09. The molecule has 18 heavy (non-hydrogen) atoms. The quantitative estimate of drug-likeness (QED) is 0.797. The summed E-state index contributed by atoms with van der Waals surface area (Å²) in [5, 5.41) is 0. The van der Waals surface area contributed by atoms with E-state index in [4.69, 9.17) is 4.74 Å². The fraction of sp³-hybridized carbons (Fsp3) is 0.312. The Balaban J connectivity index is 2.09. The molecular formula is C16H18NO. The largest absolute Gasteiger partial charge is 0.489 e. The molecule has 1 heterocycles. The Hall–Kier alpha value is -1.83. The zero-order chi connectivity index (χ0) is 12.8. The van der Waals surface area contributed by atoms with Crippen molar-refractivity contribution in [1.29, 1.82) is 0 Å². The van der Waals surface area contributed by atoms with Crippen LogP contribution in [0.25, 0.3) is 0 Å². The van der Waals surface area contributed by atoms with E-state index in [1.807, 2.05) is 24.3 Å². The molecule has 2 heteroatoms. The van der Waals surface area contributed by atoms with Gasteiger partial charge >= 0.3 is 0 Å². The molecule has 0 fully saturated rings. The second-order valence-corrected chi connectivity index (χ2v) is 4.19. The van der Waals surface area contributed by atoms with Crippen molar-refractivity contribution in [2.45, 2.75) is 33.3 Å². The third-order valence-corrected chi connectivity index (χ3v) is 2.81. The van der Waals surface area contributed by atoms with Crippen LogP contribution < -0.4 is 4.74 Å². The number of benzene rings is 1. The fourth-order valence-corrected chi connectivity index (χ4v) is 1.80. The highest BCUT2D eigenvalue weighted by atomic mass is 16.5. The first kappa shape index (κ1) is 12.6. The Morgan fingerprint density at radius 1 is 1.06 bits per heavy atom. The van der Waals surface area contributed by atoms with Crippen LogP contribution in [0.2, 0.25) is 0 Å². The van der Waals surface area contributed by atoms with Crippen LogP contribution in [0.5, 0.6) is 5.75 Å². The van der Waals surface area contributed by atoms with Crippen LogP contribution in [0.3, 0.4) is 0 Å². The van der Waals surface area contributed by atoms with Gasteiger partial charge in [0.1, 0.15) is 12.4 Å². The van der Waals surface area contributed by atoms with E-state index in [-0.39, 0.29) is 0 Å². The summed E-state index contributed by atoms with van der Waals surface area (Å²) >= 11 is 0. The minimum absolute atomic E-state index is 0.590. The summed E-state index contributed by atoms with van der Waals surface area (Å²) in [6.07, 6.45) is 1.92. The van der Waals surface area contributed by atoms with Crippen molar-refractivity contribution in [2.24, 2.45) is 0 Å². The lowest BCUT2D eigenvalue weighted by molar-refractivity contribution is 0.306. The third-order valence-electron chi connectivity index (χ3n) is 2.81. The molecule has 0 N–H and O–H groups in total. The summed E-state index contributed by atoms with van der Waals surface area (Å²) < 4.78 is 5.74. The maximum Gasteiger partial charge on any atom is 0.119 e. The molecule has 0 aliphatic rings. The second kappa shape index (κ2) is 6.20. The van der Waals surface area contributed by atoms with Gasteiger partial charge in [-0.25, -0.2) is 0 Å². The Kier molecular flexibility index (Phi) is 4.35. The van der Waals surface area contributed by atoms with Crippen molar-refractivity contribution in [3.8, 4) is 5.75 Å². The predicted octanol–water partition coefficient (Wildman–Crippen LogP) is 3.59. The van der Waals surface area contributed by atoms with E-state index in [9.17, 15) is 0 Å². The van der Waals surface area contributed by atoms with Gasteiger partial charge in [-0.15, -0.1) is 0 Å². The number of aromatic nitrogens is 1. The summed E-state index contributed by atoms with van der Waals surface area (Å²) in [4.78, 5) is 4.56. The molecule has 2 rings (SSSR count). The molecule has 0 amide bonds. The molecule has 93 valence electrons. The smallest absolute Gasteiger partial charge is 0.119 e. The van der Waals surface area contributed by atoms with E-state index in [0.717, 1.165) is 30.0 Å². The number of rotatable bonds is 5. The molecule has 0 aliphatic heterocycles. The van der Waals surface area contributed by atoms with E-state index in [2.05, 4.69) is 37.0 Å². The van der Waals surface area contributed by atoms with E-state index in [0.29, 0.717) is 6.61 Å². The Labute approximate surface area is 109 Å². The molecule has 0 saturated heterocycles. The van der Waals surface area contributed by atoms with Gasteiger partial charge < -0.3 is 4.74 Å². The average Bonchev–Trinajstić information content (AvgIpc) is 2.45. The molecule has 2 nitrogen and oxygen atoms in total. The molecule has 1 aromatic heterocycles. The molecule has 1 aromatic carbocycles. The first-order valence-corrected chi connectivity index (χ1v) is 6.39. The van der Waals surface area contributed by atoms with Crippen LogP contribution in [0.15, 0.2) is 36.4 Å². The highest BCUT2D eigenvalue weighted by molar-refractivity contribution is 5.24. The summed E-state index contributed by atoms with van der Waals surface area (Å²) in [6.45, 7) is 4.84. The molecule has 0 spiro atoms. The van der Waals surface area contributed by atoms with Gasteiger partial charge in [0.2, 0.25) is 0 Å². The van der Waals surface area contributed by atoms with Crippen molar-refractivity contribution in [3.05, 3.63) is 59.4 Å². The number of hydrogen-bond acceptors (Lipinski definition) is 2.